The Morgan fingerprint density at radius 2 is 1.94 bits per heavy atom. The Morgan fingerprint density at radius 3 is 2.56 bits per heavy atom. The molecule has 1 saturated heterocycles. The van der Waals surface area contributed by atoms with E-state index in [1.807, 2.05) is 43.0 Å². The fourth-order valence-corrected chi connectivity index (χ4v) is 6.13. The number of nitrogens with one attached hydrogen (secondary N) is 1. The number of aliphatic hydroxyl groups is 1. The molecule has 0 radical (unpaired) electrons. The molecule has 2 N–H and O–H groups in total. The monoisotopic (exact) mass is 487 g/mol. The second-order valence-corrected chi connectivity index (χ2v) is 11.2. The summed E-state index contributed by atoms with van der Waals surface area (Å²) in [6, 6.07) is 12.6. The summed E-state index contributed by atoms with van der Waals surface area (Å²) in [5.41, 5.74) is 3.12. The molecule has 2 heterocycles. The number of carbonyl (C=O) groups is 1. The van der Waals surface area contributed by atoms with Crippen LogP contribution in [-0.4, -0.2) is 51.9 Å². The van der Waals surface area contributed by atoms with Crippen LogP contribution in [0.1, 0.15) is 44.4 Å². The predicted molar refractivity (Wildman–Crippen MR) is 132 cm³/mol. The molecule has 34 heavy (non-hydrogen) atoms. The number of rotatable bonds is 8. The molecule has 9 heteroatoms. The maximum absolute atomic E-state index is 13.8. The van der Waals surface area contributed by atoms with Crippen molar-refractivity contribution in [2.45, 2.75) is 50.7 Å². The number of cyclic esters (lactones) is 1. The molecule has 1 fully saturated rings. The molecular formula is C25H33N3O5S. The van der Waals surface area contributed by atoms with Gasteiger partial charge in [-0.2, -0.15) is 0 Å². The lowest BCUT2D eigenvalue weighted by Gasteiger charge is -2.35. The summed E-state index contributed by atoms with van der Waals surface area (Å²) in [7, 11) is -3.85. The van der Waals surface area contributed by atoms with Crippen LogP contribution in [0.15, 0.2) is 47.4 Å². The molecule has 0 bridgehead atoms. The Labute approximate surface area is 201 Å². The number of nitrogens with zero attached hydrogens (tertiary/aromatic N) is 2. The highest BCUT2D eigenvalue weighted by Crippen LogP contribution is 2.37. The van der Waals surface area contributed by atoms with E-state index in [1.165, 1.54) is 4.31 Å². The molecule has 8 nitrogen and oxygen atoms in total. The van der Waals surface area contributed by atoms with Crippen LogP contribution in [0.25, 0.3) is 0 Å². The largest absolute Gasteiger partial charge is 0.442 e. The number of aryl methyl sites for hydroxylation is 1. The molecular weight excluding hydrogens is 454 g/mol. The first kappa shape index (κ1) is 24.3. The van der Waals surface area contributed by atoms with Gasteiger partial charge < -0.3 is 20.1 Å². The van der Waals surface area contributed by atoms with Crippen LogP contribution < -0.4 is 14.5 Å². The highest BCUT2D eigenvalue weighted by Gasteiger charge is 2.32. The molecule has 0 spiro atoms. The third kappa shape index (κ3) is 5.00. The summed E-state index contributed by atoms with van der Waals surface area (Å²) in [5, 5.41) is 13.3. The first-order valence-corrected chi connectivity index (χ1v) is 13.3. The number of ether oxygens (including phenoxy) is 1. The van der Waals surface area contributed by atoms with Crippen molar-refractivity contribution < 1.29 is 23.1 Å². The van der Waals surface area contributed by atoms with Gasteiger partial charge in [0.1, 0.15) is 6.10 Å². The number of carbonyl (C=O) groups excluding carboxylic acids is 1. The molecule has 2 atom stereocenters. The van der Waals surface area contributed by atoms with Gasteiger partial charge in [0.2, 0.25) is 0 Å². The first-order valence-electron chi connectivity index (χ1n) is 11.8. The van der Waals surface area contributed by atoms with E-state index >= 15 is 0 Å². The molecule has 0 aromatic heterocycles. The van der Waals surface area contributed by atoms with E-state index in [9.17, 15) is 18.3 Å². The molecule has 2 unspecified atom stereocenters. The zero-order valence-electron chi connectivity index (χ0n) is 19.9. The SMILES string of the molecule is CCc1ccc(N(CC(C)C)S(=O)(=O)c2ccc3c(c2)C(O)CCN3CC2CNC(=O)O2)cc1. The minimum Gasteiger partial charge on any atom is -0.442 e. The number of hydrogen-bond donors (Lipinski definition) is 2. The quantitative estimate of drug-likeness (QED) is 0.592. The van der Waals surface area contributed by atoms with E-state index in [-0.39, 0.29) is 16.9 Å². The van der Waals surface area contributed by atoms with Crippen molar-refractivity contribution in [3.8, 4) is 0 Å². The molecule has 4 rings (SSSR count). The van der Waals surface area contributed by atoms with Gasteiger partial charge in [0.15, 0.2) is 0 Å². The van der Waals surface area contributed by atoms with E-state index < -0.39 is 22.2 Å². The number of benzene rings is 2. The Morgan fingerprint density at radius 1 is 1.21 bits per heavy atom. The fraction of sp³-hybridized carbons (Fsp3) is 0.480. The van der Waals surface area contributed by atoms with Gasteiger partial charge >= 0.3 is 6.09 Å². The van der Waals surface area contributed by atoms with Crippen LogP contribution in [0, 0.1) is 5.92 Å². The fourth-order valence-electron chi connectivity index (χ4n) is 4.47. The molecule has 2 aliphatic rings. The van der Waals surface area contributed by atoms with Gasteiger partial charge in [0.05, 0.1) is 29.8 Å². The third-order valence-corrected chi connectivity index (χ3v) is 8.08. The van der Waals surface area contributed by atoms with E-state index in [4.69, 9.17) is 4.74 Å². The van der Waals surface area contributed by atoms with E-state index in [1.54, 1.807) is 18.2 Å². The Balaban J connectivity index is 1.66. The van der Waals surface area contributed by atoms with Crippen molar-refractivity contribution in [1.29, 1.82) is 0 Å². The van der Waals surface area contributed by atoms with Crippen molar-refractivity contribution in [2.24, 2.45) is 5.92 Å². The molecule has 1 amide bonds. The lowest BCUT2D eigenvalue weighted by molar-refractivity contribution is 0.137. The lowest BCUT2D eigenvalue weighted by Crippen LogP contribution is -2.39. The van der Waals surface area contributed by atoms with Crippen LogP contribution in [0.2, 0.25) is 0 Å². The van der Waals surface area contributed by atoms with Crippen LogP contribution in [0.3, 0.4) is 0 Å². The summed E-state index contributed by atoms with van der Waals surface area (Å²) < 4.78 is 34.3. The second-order valence-electron chi connectivity index (χ2n) is 9.33. The number of anilines is 2. The highest BCUT2D eigenvalue weighted by atomic mass is 32.2. The first-order chi connectivity index (χ1) is 16.2. The maximum Gasteiger partial charge on any atom is 0.407 e. The number of aliphatic hydroxyl groups excluding tert-OH is 1. The zero-order valence-corrected chi connectivity index (χ0v) is 20.7. The third-order valence-electron chi connectivity index (χ3n) is 6.29. The number of sulfonamides is 1. The van der Waals surface area contributed by atoms with Crippen LogP contribution in [0.4, 0.5) is 16.2 Å². The number of amides is 1. The van der Waals surface area contributed by atoms with Crippen LogP contribution in [0.5, 0.6) is 0 Å². The Bertz CT molecular complexity index is 1130. The Kier molecular flexibility index (Phi) is 7.04. The molecule has 2 aromatic rings. The zero-order chi connectivity index (χ0) is 24.5. The van der Waals surface area contributed by atoms with Gasteiger partial charge in [-0.15, -0.1) is 0 Å². The van der Waals surface area contributed by atoms with Gasteiger partial charge in [-0.1, -0.05) is 32.9 Å². The average molecular weight is 488 g/mol. The highest BCUT2D eigenvalue weighted by molar-refractivity contribution is 7.92. The summed E-state index contributed by atoms with van der Waals surface area (Å²) in [5.74, 6) is 0.127. The van der Waals surface area contributed by atoms with Crippen LogP contribution in [-0.2, 0) is 21.2 Å². The van der Waals surface area contributed by atoms with Crippen molar-refractivity contribution in [2.75, 3.05) is 35.4 Å². The molecule has 0 aliphatic carbocycles. The molecule has 184 valence electrons. The van der Waals surface area contributed by atoms with Gasteiger partial charge in [-0.3, -0.25) is 4.31 Å². The van der Waals surface area contributed by atoms with Gasteiger partial charge in [0.25, 0.3) is 10.0 Å². The summed E-state index contributed by atoms with van der Waals surface area (Å²) in [6.45, 7) is 7.89. The lowest BCUT2D eigenvalue weighted by atomic mass is 9.98. The maximum atomic E-state index is 13.8. The number of fused-ring (bicyclic) bond motifs is 1. The Hall–Kier alpha value is -2.78. The van der Waals surface area contributed by atoms with Crippen molar-refractivity contribution in [3.05, 3.63) is 53.6 Å². The standard InChI is InChI=1S/C25H33N3O5S/c1-4-18-5-7-19(8-6-18)28(15-17(2)3)34(31,32)21-9-10-23-22(13-21)24(29)11-12-27(23)16-20-14-26-25(30)33-20/h5-10,13,17,20,24,29H,4,11-12,14-16H2,1-3H3,(H,26,30). The van der Waals surface area contributed by atoms with Crippen molar-refractivity contribution in [3.63, 3.8) is 0 Å². The minimum absolute atomic E-state index is 0.127. The van der Waals surface area contributed by atoms with Crippen molar-refractivity contribution >= 4 is 27.5 Å². The second kappa shape index (κ2) is 9.84. The summed E-state index contributed by atoms with van der Waals surface area (Å²) >= 11 is 0. The van der Waals surface area contributed by atoms with Gasteiger partial charge in [-0.25, -0.2) is 13.2 Å². The van der Waals surface area contributed by atoms with Gasteiger partial charge in [-0.05, 0) is 54.7 Å². The molecule has 2 aliphatic heterocycles. The van der Waals surface area contributed by atoms with Crippen molar-refractivity contribution in [1.82, 2.24) is 5.32 Å². The van der Waals surface area contributed by atoms with Gasteiger partial charge in [0, 0.05) is 24.3 Å². The predicted octanol–water partition coefficient (Wildman–Crippen LogP) is 3.45. The number of alkyl carbamates (subject to hydrolysis) is 1. The minimum atomic E-state index is -3.85. The average Bonchev–Trinajstić information content (AvgIpc) is 3.23. The topological polar surface area (TPSA) is 99.2 Å². The normalized spacial score (nSPS) is 20.1. The smallest absolute Gasteiger partial charge is 0.407 e. The number of hydrogen-bond acceptors (Lipinski definition) is 6. The van der Waals surface area contributed by atoms with E-state index in [2.05, 4.69) is 12.2 Å². The van der Waals surface area contributed by atoms with E-state index in [0.717, 1.165) is 17.7 Å². The summed E-state index contributed by atoms with van der Waals surface area (Å²) in [4.78, 5) is 13.6. The van der Waals surface area contributed by atoms with Crippen LogP contribution >= 0.6 is 0 Å². The summed E-state index contributed by atoms with van der Waals surface area (Å²) in [6.07, 6.45) is -0.119. The molecule has 0 saturated carbocycles. The van der Waals surface area contributed by atoms with E-state index in [0.29, 0.717) is 43.9 Å². The molecule has 2 aromatic carbocycles.